The molecule has 0 atom stereocenters. The predicted octanol–water partition coefficient (Wildman–Crippen LogP) is 10.2. The molecule has 2 aliphatic heterocycles. The third-order valence-electron chi connectivity index (χ3n) is 9.16. The van der Waals surface area contributed by atoms with Crippen LogP contribution >= 0.6 is 0 Å². The second-order valence-corrected chi connectivity index (χ2v) is 10.8. The van der Waals surface area contributed by atoms with Crippen LogP contribution < -0.4 is 4.90 Å². The van der Waals surface area contributed by atoms with Crippen molar-refractivity contribution >= 4 is 76.0 Å². The lowest BCUT2D eigenvalue weighted by Gasteiger charge is -2.43. The fourth-order valence-electron chi connectivity index (χ4n) is 7.82. The molecule has 8 aromatic rings. The molecule has 1 nitrogen and oxygen atoms in total. The maximum Gasteiger partial charge on any atom is 0.0857 e. The molecule has 0 spiro atoms. The van der Waals surface area contributed by atoms with Crippen molar-refractivity contribution in [1.29, 1.82) is 0 Å². The third-order valence-corrected chi connectivity index (χ3v) is 9.16. The van der Waals surface area contributed by atoms with Crippen molar-refractivity contribution in [3.8, 4) is 0 Å². The minimum atomic E-state index is 0.126. The van der Waals surface area contributed by atoms with E-state index in [4.69, 9.17) is 0 Å². The second-order valence-electron chi connectivity index (χ2n) is 10.8. The van der Waals surface area contributed by atoms with Gasteiger partial charge in [-0.2, -0.15) is 0 Å². The van der Waals surface area contributed by atoms with E-state index in [-0.39, 0.29) is 6.04 Å². The number of benzene rings is 8. The quantitative estimate of drug-likeness (QED) is 0.196. The van der Waals surface area contributed by atoms with E-state index in [2.05, 4.69) is 126 Å². The molecule has 174 valence electrons. The highest BCUT2D eigenvalue weighted by molar-refractivity contribution is 6.34. The lowest BCUT2D eigenvalue weighted by molar-refractivity contribution is 0.830. The van der Waals surface area contributed by atoms with Crippen LogP contribution in [0.15, 0.2) is 121 Å². The highest BCUT2D eigenvalue weighted by Gasteiger charge is 2.37. The van der Waals surface area contributed by atoms with Crippen LogP contribution in [0.4, 0.5) is 11.4 Å². The molecule has 0 N–H and O–H groups in total. The molecule has 0 unspecified atom stereocenters. The summed E-state index contributed by atoms with van der Waals surface area (Å²) in [6.07, 6.45) is 0. The van der Waals surface area contributed by atoms with Crippen LogP contribution in [0.5, 0.6) is 0 Å². The zero-order valence-electron chi connectivity index (χ0n) is 20.6. The molecule has 8 aromatic carbocycles. The monoisotopic (exact) mass is 479 g/mol. The van der Waals surface area contributed by atoms with Gasteiger partial charge in [0.1, 0.15) is 0 Å². The number of hydrogen-bond acceptors (Lipinski definition) is 1. The summed E-state index contributed by atoms with van der Waals surface area (Å²) in [5, 5.41) is 16.3. The molecule has 10 rings (SSSR count). The van der Waals surface area contributed by atoms with E-state index in [1.165, 1.54) is 87.1 Å². The maximum absolute atomic E-state index is 2.64. The highest BCUT2D eigenvalue weighted by Crippen LogP contribution is 2.58. The van der Waals surface area contributed by atoms with Crippen LogP contribution in [0.2, 0.25) is 0 Å². The van der Waals surface area contributed by atoms with Crippen molar-refractivity contribution in [2.75, 3.05) is 4.90 Å². The number of fused-ring (bicyclic) bond motifs is 11. The van der Waals surface area contributed by atoms with Crippen LogP contribution in [-0.4, -0.2) is 0 Å². The van der Waals surface area contributed by atoms with Gasteiger partial charge < -0.3 is 4.90 Å². The molecule has 0 aromatic heterocycles. The van der Waals surface area contributed by atoms with E-state index in [9.17, 15) is 0 Å². The molecule has 0 saturated heterocycles. The molecule has 0 radical (unpaired) electrons. The number of nitrogens with zero attached hydrogens (tertiary/aromatic N) is 1. The van der Waals surface area contributed by atoms with Crippen LogP contribution in [0, 0.1) is 0 Å². The Balaban J connectivity index is 1.50. The molecule has 1 heteroatoms. The Hall–Kier alpha value is -4.88. The van der Waals surface area contributed by atoms with E-state index in [0.29, 0.717) is 0 Å². The minimum Gasteiger partial charge on any atom is -0.329 e. The molecule has 0 saturated carbocycles. The standard InChI is InChI=1S/C37H21N/c1-3-11-23-21(9-1)25-13-5-17-29-33(25)35-27(23)15-7-19-31(35)38-32-20-8-16-28-24-12-4-2-10-22(24)26-14-6-18-30(37(29)38)34(26)36(28)32/h1-20,37H. The Morgan fingerprint density at radius 1 is 0.316 bits per heavy atom. The van der Waals surface area contributed by atoms with Gasteiger partial charge in [-0.3, -0.25) is 0 Å². The van der Waals surface area contributed by atoms with Crippen LogP contribution in [0.25, 0.3) is 64.6 Å². The predicted molar refractivity (Wildman–Crippen MR) is 162 cm³/mol. The first kappa shape index (κ1) is 19.3. The Morgan fingerprint density at radius 2 is 0.658 bits per heavy atom. The van der Waals surface area contributed by atoms with Crippen molar-refractivity contribution in [3.63, 3.8) is 0 Å². The third kappa shape index (κ3) is 2.06. The first-order valence-corrected chi connectivity index (χ1v) is 13.4. The fourth-order valence-corrected chi connectivity index (χ4v) is 7.82. The van der Waals surface area contributed by atoms with Crippen LogP contribution in [0.1, 0.15) is 17.2 Å². The van der Waals surface area contributed by atoms with Crippen molar-refractivity contribution in [2.45, 2.75) is 6.04 Å². The van der Waals surface area contributed by atoms with Gasteiger partial charge in [-0.1, -0.05) is 109 Å². The summed E-state index contributed by atoms with van der Waals surface area (Å²) in [5.74, 6) is 0. The van der Waals surface area contributed by atoms with Crippen molar-refractivity contribution < 1.29 is 0 Å². The Labute approximate surface area is 219 Å². The van der Waals surface area contributed by atoms with Gasteiger partial charge in [-0.15, -0.1) is 0 Å². The maximum atomic E-state index is 2.64. The summed E-state index contributed by atoms with van der Waals surface area (Å²) in [6.45, 7) is 0. The molecule has 0 aliphatic carbocycles. The van der Waals surface area contributed by atoms with Gasteiger partial charge in [-0.05, 0) is 77.1 Å². The zero-order valence-corrected chi connectivity index (χ0v) is 20.6. The van der Waals surface area contributed by atoms with Gasteiger partial charge in [0.05, 0.1) is 17.4 Å². The van der Waals surface area contributed by atoms with E-state index < -0.39 is 0 Å². The molecule has 0 bridgehead atoms. The van der Waals surface area contributed by atoms with E-state index in [1.54, 1.807) is 0 Å². The van der Waals surface area contributed by atoms with Crippen LogP contribution in [0.3, 0.4) is 0 Å². The summed E-state index contributed by atoms with van der Waals surface area (Å²) in [7, 11) is 0. The smallest absolute Gasteiger partial charge is 0.0857 e. The molecule has 2 aliphatic rings. The van der Waals surface area contributed by atoms with Crippen molar-refractivity contribution in [1.82, 2.24) is 0 Å². The summed E-state index contributed by atoms with van der Waals surface area (Å²) in [4.78, 5) is 2.64. The van der Waals surface area contributed by atoms with E-state index >= 15 is 0 Å². The number of rotatable bonds is 0. The largest absolute Gasteiger partial charge is 0.329 e. The van der Waals surface area contributed by atoms with Crippen molar-refractivity contribution in [3.05, 3.63) is 132 Å². The minimum absolute atomic E-state index is 0.126. The normalized spacial score (nSPS) is 14.2. The van der Waals surface area contributed by atoms with Crippen molar-refractivity contribution in [2.24, 2.45) is 0 Å². The number of anilines is 2. The average Bonchev–Trinajstić information content (AvgIpc) is 2.99. The average molecular weight is 480 g/mol. The molecular weight excluding hydrogens is 458 g/mol. The molecule has 0 fully saturated rings. The van der Waals surface area contributed by atoms with Gasteiger partial charge >= 0.3 is 0 Å². The summed E-state index contributed by atoms with van der Waals surface area (Å²) >= 11 is 0. The summed E-state index contributed by atoms with van der Waals surface area (Å²) in [5.41, 5.74) is 5.43. The SMILES string of the molecule is c1ccc2c(c1)c1cccc3c1c1c(cccc21)N1c2cccc4c5ccccc5c5cccc(c5c24)C31. The molecule has 38 heavy (non-hydrogen) atoms. The molecular formula is C37H21N. The number of hydrogen-bond donors (Lipinski definition) is 0. The molecule has 0 amide bonds. The van der Waals surface area contributed by atoms with E-state index in [0.717, 1.165) is 0 Å². The Bertz CT molecular complexity index is 2030. The van der Waals surface area contributed by atoms with Crippen LogP contribution in [-0.2, 0) is 0 Å². The Kier molecular flexibility index (Phi) is 3.30. The van der Waals surface area contributed by atoms with Gasteiger partial charge in [0.15, 0.2) is 0 Å². The fraction of sp³-hybridized carbons (Fsp3) is 0.0270. The van der Waals surface area contributed by atoms with Gasteiger partial charge in [0, 0.05) is 10.8 Å². The highest BCUT2D eigenvalue weighted by atomic mass is 15.2. The lowest BCUT2D eigenvalue weighted by Crippen LogP contribution is -2.30. The Morgan fingerprint density at radius 3 is 1.08 bits per heavy atom. The summed E-state index contributed by atoms with van der Waals surface area (Å²) in [6, 6.07) is 45.6. The second kappa shape index (κ2) is 6.51. The van der Waals surface area contributed by atoms with Gasteiger partial charge in [0.25, 0.3) is 0 Å². The molecule has 2 heterocycles. The first-order chi connectivity index (χ1) is 18.9. The lowest BCUT2D eigenvalue weighted by atomic mass is 9.78. The summed E-state index contributed by atoms with van der Waals surface area (Å²) < 4.78 is 0. The van der Waals surface area contributed by atoms with E-state index in [1.807, 2.05) is 0 Å². The zero-order chi connectivity index (χ0) is 24.5. The van der Waals surface area contributed by atoms with Gasteiger partial charge in [-0.25, -0.2) is 0 Å². The van der Waals surface area contributed by atoms with Gasteiger partial charge in [0.2, 0.25) is 0 Å². The topological polar surface area (TPSA) is 3.24 Å². The first-order valence-electron chi connectivity index (χ1n) is 13.4.